The maximum Gasteiger partial charge on any atom is 0.524 e. The molecule has 0 atom stereocenters. The van der Waals surface area contributed by atoms with Gasteiger partial charge in [0.05, 0.1) is 6.26 Å². The van der Waals surface area contributed by atoms with Crippen molar-refractivity contribution in [1.29, 1.82) is 0 Å². The first-order chi connectivity index (χ1) is 7.06. The van der Waals surface area contributed by atoms with Crippen LogP contribution in [0.5, 0.6) is 0 Å². The number of hydrogen-bond acceptors (Lipinski definition) is 2. The fourth-order valence-electron chi connectivity index (χ4n) is 1.23. The molecule has 0 aliphatic heterocycles. The normalized spacial score (nSPS) is 12.2. The lowest BCUT2D eigenvalue weighted by atomic mass is 10.1. The van der Waals surface area contributed by atoms with Crippen LogP contribution in [-0.2, 0) is 9.09 Å². The second kappa shape index (κ2) is 8.96. The minimum absolute atomic E-state index is 0.812. The van der Waals surface area contributed by atoms with Crippen molar-refractivity contribution < 1.29 is 18.9 Å². The van der Waals surface area contributed by atoms with Gasteiger partial charge in [-0.15, -0.1) is 0 Å². The summed E-state index contributed by atoms with van der Waals surface area (Å²) in [4.78, 5) is 16.7. The zero-order chi connectivity index (χ0) is 11.6. The van der Waals surface area contributed by atoms with E-state index in [1.807, 2.05) is 0 Å². The Kier molecular flexibility index (Phi) is 8.77. The van der Waals surface area contributed by atoms with Crippen molar-refractivity contribution in [3.63, 3.8) is 0 Å². The van der Waals surface area contributed by atoms with Crippen LogP contribution in [0, 0.1) is 0 Å². The van der Waals surface area contributed by atoms with E-state index >= 15 is 0 Å². The quantitative estimate of drug-likeness (QED) is 0.366. The Balaban J connectivity index is 3.20. The average molecular weight is 236 g/mol. The van der Waals surface area contributed by atoms with Crippen LogP contribution in [0.4, 0.5) is 0 Å². The molecule has 0 saturated carbocycles. The van der Waals surface area contributed by atoms with Gasteiger partial charge in [-0.3, -0.25) is 9.79 Å². The van der Waals surface area contributed by atoms with Crippen molar-refractivity contribution >= 4 is 7.82 Å². The van der Waals surface area contributed by atoms with E-state index < -0.39 is 7.82 Å². The van der Waals surface area contributed by atoms with E-state index in [4.69, 9.17) is 9.79 Å². The number of phosphoric ester groups is 1. The lowest BCUT2D eigenvalue weighted by Gasteiger charge is -2.00. The molecule has 0 aromatic heterocycles. The molecule has 0 aromatic rings. The number of rotatable bonds is 9. The number of hydrogen-bond donors (Lipinski definition) is 2. The molecular weight excluding hydrogens is 215 g/mol. The molecule has 0 rings (SSSR count). The van der Waals surface area contributed by atoms with Gasteiger partial charge in [0, 0.05) is 0 Å². The second-order valence-corrected chi connectivity index (χ2v) is 4.72. The maximum absolute atomic E-state index is 10.3. The van der Waals surface area contributed by atoms with E-state index in [1.54, 1.807) is 6.08 Å². The highest BCUT2D eigenvalue weighted by molar-refractivity contribution is 7.46. The molecule has 0 amide bonds. The van der Waals surface area contributed by atoms with Crippen LogP contribution in [-0.4, -0.2) is 9.79 Å². The number of allylic oxidation sites excluding steroid dienone is 1. The molecular formula is C10H21O4P. The Morgan fingerprint density at radius 1 is 1.13 bits per heavy atom. The van der Waals surface area contributed by atoms with E-state index in [0.29, 0.717) is 0 Å². The van der Waals surface area contributed by atoms with E-state index in [1.165, 1.54) is 32.1 Å². The Morgan fingerprint density at radius 3 is 2.33 bits per heavy atom. The fourth-order valence-corrected chi connectivity index (χ4v) is 1.48. The third-order valence-electron chi connectivity index (χ3n) is 2.02. The lowest BCUT2D eigenvalue weighted by Crippen LogP contribution is -1.79. The molecule has 0 saturated heterocycles. The van der Waals surface area contributed by atoms with Crippen molar-refractivity contribution in [2.24, 2.45) is 0 Å². The van der Waals surface area contributed by atoms with Crippen LogP contribution in [0.2, 0.25) is 0 Å². The molecule has 4 nitrogen and oxygen atoms in total. The summed E-state index contributed by atoms with van der Waals surface area (Å²) in [6.45, 7) is 2.18. The van der Waals surface area contributed by atoms with E-state index in [2.05, 4.69) is 11.4 Å². The minimum atomic E-state index is -4.32. The molecule has 15 heavy (non-hydrogen) atoms. The second-order valence-electron chi connectivity index (χ2n) is 3.52. The van der Waals surface area contributed by atoms with Crippen molar-refractivity contribution in [2.45, 2.75) is 51.9 Å². The zero-order valence-corrected chi connectivity index (χ0v) is 10.2. The SMILES string of the molecule is CCCCCCCC/C=C/OP(=O)(O)O. The largest absolute Gasteiger partial charge is 0.524 e. The predicted molar refractivity (Wildman–Crippen MR) is 60.3 cm³/mol. The molecule has 0 radical (unpaired) electrons. The van der Waals surface area contributed by atoms with Gasteiger partial charge in [0.1, 0.15) is 0 Å². The third kappa shape index (κ3) is 13.7. The Bertz CT molecular complexity index is 209. The summed E-state index contributed by atoms with van der Waals surface area (Å²) in [6.07, 6.45) is 10.8. The lowest BCUT2D eigenvalue weighted by molar-refractivity contribution is 0.258. The average Bonchev–Trinajstić information content (AvgIpc) is 2.14. The van der Waals surface area contributed by atoms with Crippen molar-refractivity contribution in [2.75, 3.05) is 0 Å². The smallest absolute Gasteiger partial charge is 0.413 e. The molecule has 0 spiro atoms. The summed E-state index contributed by atoms with van der Waals surface area (Å²) in [5.41, 5.74) is 0. The van der Waals surface area contributed by atoms with Gasteiger partial charge in [0.15, 0.2) is 0 Å². The molecule has 0 aliphatic carbocycles. The number of unbranched alkanes of at least 4 members (excludes halogenated alkanes) is 6. The van der Waals surface area contributed by atoms with Gasteiger partial charge in [0.25, 0.3) is 0 Å². The first-order valence-electron chi connectivity index (χ1n) is 5.45. The third-order valence-corrected chi connectivity index (χ3v) is 2.42. The van der Waals surface area contributed by atoms with Gasteiger partial charge >= 0.3 is 7.82 Å². The molecule has 0 bridgehead atoms. The molecule has 0 unspecified atom stereocenters. The van der Waals surface area contributed by atoms with E-state index in [0.717, 1.165) is 19.1 Å². The van der Waals surface area contributed by atoms with Crippen LogP contribution in [0.25, 0.3) is 0 Å². The van der Waals surface area contributed by atoms with Crippen LogP contribution in [0.3, 0.4) is 0 Å². The van der Waals surface area contributed by atoms with Crippen molar-refractivity contribution in [3.05, 3.63) is 12.3 Å². The maximum atomic E-state index is 10.3. The van der Waals surface area contributed by atoms with Gasteiger partial charge in [0.2, 0.25) is 0 Å². The van der Waals surface area contributed by atoms with Gasteiger partial charge in [-0.05, 0) is 18.9 Å². The van der Waals surface area contributed by atoms with Gasteiger partial charge < -0.3 is 4.52 Å². The first kappa shape index (κ1) is 14.7. The van der Waals surface area contributed by atoms with Gasteiger partial charge in [-0.25, -0.2) is 4.57 Å². The molecule has 0 fully saturated rings. The van der Waals surface area contributed by atoms with Crippen molar-refractivity contribution in [3.8, 4) is 0 Å². The molecule has 5 heteroatoms. The Morgan fingerprint density at radius 2 is 1.73 bits per heavy atom. The summed E-state index contributed by atoms with van der Waals surface area (Å²) < 4.78 is 14.4. The van der Waals surface area contributed by atoms with Gasteiger partial charge in [-0.1, -0.05) is 39.0 Å². The zero-order valence-electron chi connectivity index (χ0n) is 9.26. The summed E-state index contributed by atoms with van der Waals surface area (Å²) in [5, 5.41) is 0. The Labute approximate surface area is 91.6 Å². The molecule has 2 N–H and O–H groups in total. The van der Waals surface area contributed by atoms with Crippen LogP contribution in [0.1, 0.15) is 51.9 Å². The van der Waals surface area contributed by atoms with E-state index in [9.17, 15) is 4.57 Å². The minimum Gasteiger partial charge on any atom is -0.413 e. The highest BCUT2D eigenvalue weighted by Crippen LogP contribution is 2.35. The standard InChI is InChI=1S/C10H21O4P/c1-2-3-4-5-6-7-8-9-10-14-15(11,12)13/h9-10H,2-8H2,1H3,(H2,11,12,13)/b10-9+. The van der Waals surface area contributed by atoms with Crippen LogP contribution in [0.15, 0.2) is 12.3 Å². The van der Waals surface area contributed by atoms with E-state index in [-0.39, 0.29) is 0 Å². The topological polar surface area (TPSA) is 66.8 Å². The molecule has 0 aromatic carbocycles. The number of phosphoric acid groups is 1. The highest BCUT2D eigenvalue weighted by atomic mass is 31.2. The summed E-state index contributed by atoms with van der Waals surface area (Å²) in [7, 11) is -4.32. The fraction of sp³-hybridized carbons (Fsp3) is 0.800. The summed E-state index contributed by atoms with van der Waals surface area (Å²) >= 11 is 0. The van der Waals surface area contributed by atoms with Crippen LogP contribution >= 0.6 is 7.82 Å². The molecule has 90 valence electrons. The summed E-state index contributed by atoms with van der Waals surface area (Å²) in [5.74, 6) is 0. The summed E-state index contributed by atoms with van der Waals surface area (Å²) in [6, 6.07) is 0. The monoisotopic (exact) mass is 236 g/mol. The molecule has 0 heterocycles. The highest BCUT2D eigenvalue weighted by Gasteiger charge is 2.10. The first-order valence-corrected chi connectivity index (χ1v) is 6.98. The molecule has 0 aliphatic rings. The Hall–Kier alpha value is -0.310. The predicted octanol–water partition coefficient (Wildman–Crippen LogP) is 3.36. The van der Waals surface area contributed by atoms with Crippen molar-refractivity contribution in [1.82, 2.24) is 0 Å². The van der Waals surface area contributed by atoms with Gasteiger partial charge in [-0.2, -0.15) is 0 Å². The van der Waals surface area contributed by atoms with Crippen LogP contribution < -0.4 is 0 Å².